The number of Topliss-reactive ketones (excluding diaryl/α,β-unsaturated/α-hetero) is 1. The van der Waals surface area contributed by atoms with E-state index in [1.807, 2.05) is 0 Å². The number of ketones is 1. The van der Waals surface area contributed by atoms with E-state index in [0.717, 1.165) is 0 Å². The van der Waals surface area contributed by atoms with Crippen LogP contribution < -0.4 is 0 Å². The lowest BCUT2D eigenvalue weighted by Gasteiger charge is -2.41. The zero-order chi connectivity index (χ0) is 47.1. The molecule has 33 heteroatoms. The van der Waals surface area contributed by atoms with Crippen LogP contribution in [-0.4, -0.2) is 206 Å². The van der Waals surface area contributed by atoms with Crippen molar-refractivity contribution in [3.05, 3.63) is 0 Å². The lowest BCUT2D eigenvalue weighted by molar-refractivity contribution is -0.123. The van der Waals surface area contributed by atoms with Crippen molar-refractivity contribution < 1.29 is 109 Å². The normalized spacial score (nSPS) is 14.1. The molecule has 0 bridgehead atoms. The maximum absolute atomic E-state index is 13.7. The predicted molar refractivity (Wildman–Crippen MR) is 226 cm³/mol. The summed E-state index contributed by atoms with van der Waals surface area (Å²) in [5.41, 5.74) is 0. The van der Waals surface area contributed by atoms with Crippen molar-refractivity contribution >= 4 is 77.7 Å². The van der Waals surface area contributed by atoms with Crippen LogP contribution in [0.2, 0.25) is 12.1 Å². The van der Waals surface area contributed by atoms with Gasteiger partial charge in [-0.3, -0.25) is 4.79 Å². The van der Waals surface area contributed by atoms with Crippen LogP contribution in [-0.2, 0) is 109 Å². The van der Waals surface area contributed by atoms with Crippen LogP contribution in [0.4, 0.5) is 0 Å². The fraction of sp³-hybridized carbons (Fsp3) is 0.964. The Labute approximate surface area is 370 Å². The summed E-state index contributed by atoms with van der Waals surface area (Å²) in [5, 5.41) is 0. The fourth-order valence-electron chi connectivity index (χ4n) is 5.71. The van der Waals surface area contributed by atoms with Gasteiger partial charge in [-0.15, -0.1) is 0 Å². The molecule has 0 heterocycles. The molecule has 61 heavy (non-hydrogen) atoms. The van der Waals surface area contributed by atoms with Gasteiger partial charge in [0.25, 0.3) is 0 Å². The molecule has 0 saturated heterocycles. The molecule has 0 aromatic carbocycles. The third kappa shape index (κ3) is 16.9. The predicted octanol–water partition coefficient (Wildman–Crippen LogP) is 1.37. The minimum absolute atomic E-state index is 0.0358. The first-order valence-corrected chi connectivity index (χ1v) is 32.2. The van der Waals surface area contributed by atoms with Gasteiger partial charge in [-0.25, -0.2) is 0 Å². The maximum atomic E-state index is 13.7. The van der Waals surface area contributed by atoms with Gasteiger partial charge in [-0.2, -0.15) is 0 Å². The minimum Gasteiger partial charge on any atom is -0.355 e. The lowest BCUT2D eigenvalue weighted by atomic mass is 9.92. The van der Waals surface area contributed by atoms with Gasteiger partial charge in [0, 0.05) is 152 Å². The molecule has 366 valence electrons. The third-order valence-corrected chi connectivity index (χ3v) is 33.5. The Morgan fingerprint density at radius 2 is 0.492 bits per heavy atom. The lowest BCUT2D eigenvalue weighted by Crippen LogP contribution is -2.69. The van der Waals surface area contributed by atoms with Crippen molar-refractivity contribution in [2.75, 3.05) is 128 Å². The van der Waals surface area contributed by atoms with Crippen LogP contribution in [0.25, 0.3) is 0 Å². The van der Waals surface area contributed by atoms with Crippen LogP contribution in [0, 0.1) is 5.92 Å². The second-order valence-corrected chi connectivity index (χ2v) is 33.9. The number of carbonyl (C=O) groups excluding carboxylic acids is 1. The van der Waals surface area contributed by atoms with Crippen LogP contribution in [0.1, 0.15) is 39.0 Å². The van der Waals surface area contributed by atoms with E-state index in [-0.39, 0.29) is 50.0 Å². The second-order valence-electron chi connectivity index (χ2n) is 12.0. The standard InChI is InChI=1S/C28H72O25Si8/c1-20-28(29)27(23-21-25-54(48-56(30-2,31-3)32-4,49-57(33-5,34-6)35-7)50-58(36-8,37-9)38-10)24-22-26-55(51-59(39-11,40-12)41-13,52-60(42-14,43-15)44-16)53-61(45-17,46-18)47-19/h27H,20-26H2,1-19H3. The molecule has 0 unspecified atom stereocenters. The van der Waals surface area contributed by atoms with E-state index in [2.05, 4.69) is 0 Å². The van der Waals surface area contributed by atoms with Crippen molar-refractivity contribution in [2.45, 2.75) is 51.1 Å². The first-order valence-electron chi connectivity index (χ1n) is 18.5. The summed E-state index contributed by atoms with van der Waals surface area (Å²) in [6.07, 6.45) is 1.21. The van der Waals surface area contributed by atoms with Crippen molar-refractivity contribution in [2.24, 2.45) is 5.92 Å². The highest BCUT2D eigenvalue weighted by molar-refractivity contribution is 6.83. The van der Waals surface area contributed by atoms with Gasteiger partial charge in [-0.1, -0.05) is 6.92 Å². The molecule has 0 aliphatic carbocycles. The van der Waals surface area contributed by atoms with E-state index in [1.54, 1.807) is 6.92 Å². The summed E-state index contributed by atoms with van der Waals surface area (Å²) in [5.74, 6) is -0.625. The number of rotatable bonds is 40. The largest absolute Gasteiger partial charge is 0.671 e. The van der Waals surface area contributed by atoms with Gasteiger partial charge >= 0.3 is 71.9 Å². The highest BCUT2D eigenvalue weighted by Crippen LogP contribution is 2.36. The average Bonchev–Trinajstić information content (AvgIpc) is 3.31. The van der Waals surface area contributed by atoms with E-state index < -0.39 is 77.8 Å². The molecule has 0 aliphatic rings. The zero-order valence-electron chi connectivity index (χ0n) is 39.2. The van der Waals surface area contributed by atoms with E-state index in [0.29, 0.717) is 0 Å². The van der Waals surface area contributed by atoms with Gasteiger partial charge in [-0.05, 0) is 25.7 Å². The number of hydrogen-bond acceptors (Lipinski definition) is 25. The number of hydrogen-bond donors (Lipinski definition) is 0. The minimum atomic E-state index is -4.40. The Balaban J connectivity index is 7.44. The van der Waals surface area contributed by atoms with E-state index in [1.165, 1.54) is 128 Å². The molecule has 0 atom stereocenters. The molecule has 0 amide bonds. The summed E-state index contributed by atoms with van der Waals surface area (Å²) in [6, 6.07) is -0.0716. The summed E-state index contributed by atoms with van der Waals surface area (Å²) < 4.78 is 141. The van der Waals surface area contributed by atoms with E-state index in [4.69, 9.17) is 104 Å². The van der Waals surface area contributed by atoms with Gasteiger partial charge < -0.3 is 104 Å². The topological polar surface area (TPSA) is 239 Å². The zero-order valence-corrected chi connectivity index (χ0v) is 47.2. The molecular formula is C28H72O25Si8. The van der Waals surface area contributed by atoms with Crippen molar-refractivity contribution in [1.29, 1.82) is 0 Å². The first-order chi connectivity index (χ1) is 28.9. The van der Waals surface area contributed by atoms with Gasteiger partial charge in [0.1, 0.15) is 5.78 Å². The molecule has 0 aromatic heterocycles. The average molecular weight is 1030 g/mol. The van der Waals surface area contributed by atoms with Crippen LogP contribution in [0.3, 0.4) is 0 Å². The van der Waals surface area contributed by atoms with Gasteiger partial charge in [0.05, 0.1) is 0 Å². The summed E-state index contributed by atoms with van der Waals surface area (Å²) in [7, 11) is -8.87. The van der Waals surface area contributed by atoms with Crippen LogP contribution >= 0.6 is 0 Å². The SMILES string of the molecule is CCC(=O)C(CCC[Si](O[Si](OC)(OC)OC)(O[Si](OC)(OC)OC)O[Si](OC)(OC)OC)CCC[Si](O[Si](OC)(OC)OC)(O[Si](OC)(OC)OC)O[Si](OC)(OC)OC. The van der Waals surface area contributed by atoms with E-state index in [9.17, 15) is 4.79 Å². The molecule has 0 N–H and O–H groups in total. The molecule has 0 fully saturated rings. The summed E-state index contributed by atoms with van der Waals surface area (Å²) >= 11 is 0. The Bertz CT molecular complexity index is 940. The highest BCUT2D eigenvalue weighted by atomic mass is 28.5. The molecule has 25 nitrogen and oxygen atoms in total. The van der Waals surface area contributed by atoms with Crippen molar-refractivity contribution in [3.63, 3.8) is 0 Å². The van der Waals surface area contributed by atoms with Crippen molar-refractivity contribution in [3.8, 4) is 0 Å². The van der Waals surface area contributed by atoms with Gasteiger partial charge in [0.2, 0.25) is 0 Å². The van der Waals surface area contributed by atoms with Crippen molar-refractivity contribution in [1.82, 2.24) is 0 Å². The molecule has 0 spiro atoms. The van der Waals surface area contributed by atoms with E-state index >= 15 is 0 Å². The quantitative estimate of drug-likeness (QED) is 0.0788. The molecular weight excluding hydrogens is 961 g/mol. The Morgan fingerprint density at radius 1 is 0.328 bits per heavy atom. The fourth-order valence-corrected chi connectivity index (χ4v) is 30.8. The Kier molecular flexibility index (Phi) is 29.5. The second kappa shape index (κ2) is 29.3. The van der Waals surface area contributed by atoms with Crippen LogP contribution in [0.15, 0.2) is 0 Å². The highest BCUT2D eigenvalue weighted by Gasteiger charge is 2.67. The Hall–Kier alpha value is 0.445. The molecule has 0 radical (unpaired) electrons. The molecule has 0 rings (SSSR count). The Morgan fingerprint density at radius 3 is 0.623 bits per heavy atom. The smallest absolute Gasteiger partial charge is 0.355 e. The summed E-state index contributed by atoms with van der Waals surface area (Å²) in [6.45, 7) is 1.76. The first kappa shape index (κ1) is 61.4. The monoisotopic (exact) mass is 1030 g/mol. The van der Waals surface area contributed by atoms with Crippen LogP contribution in [0.5, 0.6) is 0 Å². The summed E-state index contributed by atoms with van der Waals surface area (Å²) in [4.78, 5) is 13.7. The third-order valence-electron chi connectivity index (χ3n) is 9.06. The molecule has 0 saturated carbocycles. The van der Waals surface area contributed by atoms with Gasteiger partial charge in [0.15, 0.2) is 0 Å². The maximum Gasteiger partial charge on any atom is 0.671 e. The molecule has 0 aliphatic heterocycles. The number of carbonyl (C=O) groups is 1. The molecule has 0 aromatic rings.